The average Bonchev–Trinajstić information content (AvgIpc) is 2.64. The fourth-order valence-electron chi connectivity index (χ4n) is 2.51. The van der Waals surface area contributed by atoms with Crippen molar-refractivity contribution >= 4 is 5.82 Å². The molecule has 1 aromatic rings. The second kappa shape index (κ2) is 7.46. The van der Waals surface area contributed by atoms with Gasteiger partial charge in [0.2, 0.25) is 0 Å². The Morgan fingerprint density at radius 2 is 2.16 bits per heavy atom. The van der Waals surface area contributed by atoms with E-state index < -0.39 is 0 Å². The SMILES string of the molecule is CCCNCc1cccnc1N1CCCN(C)CC1. The van der Waals surface area contributed by atoms with E-state index in [4.69, 9.17) is 0 Å². The van der Waals surface area contributed by atoms with E-state index >= 15 is 0 Å². The van der Waals surface area contributed by atoms with Crippen LogP contribution in [0.3, 0.4) is 0 Å². The zero-order valence-corrected chi connectivity index (χ0v) is 12.2. The van der Waals surface area contributed by atoms with Crippen LogP contribution in [0.1, 0.15) is 25.3 Å². The fourth-order valence-corrected chi connectivity index (χ4v) is 2.51. The van der Waals surface area contributed by atoms with Crippen LogP contribution in [0.5, 0.6) is 0 Å². The molecule has 0 spiro atoms. The van der Waals surface area contributed by atoms with Crippen LogP contribution in [0.15, 0.2) is 18.3 Å². The molecule has 4 nitrogen and oxygen atoms in total. The molecule has 2 heterocycles. The molecule has 0 aliphatic carbocycles. The zero-order valence-electron chi connectivity index (χ0n) is 12.2. The van der Waals surface area contributed by atoms with E-state index in [0.29, 0.717) is 0 Å². The summed E-state index contributed by atoms with van der Waals surface area (Å²) in [5, 5.41) is 3.48. The highest BCUT2D eigenvalue weighted by Crippen LogP contribution is 2.18. The Balaban J connectivity index is 2.05. The average molecular weight is 262 g/mol. The van der Waals surface area contributed by atoms with E-state index in [1.807, 2.05) is 12.3 Å². The van der Waals surface area contributed by atoms with Crippen molar-refractivity contribution < 1.29 is 0 Å². The van der Waals surface area contributed by atoms with Gasteiger partial charge in [0.1, 0.15) is 5.82 Å². The lowest BCUT2D eigenvalue weighted by Crippen LogP contribution is -2.30. The summed E-state index contributed by atoms with van der Waals surface area (Å²) in [5.41, 5.74) is 1.32. The van der Waals surface area contributed by atoms with E-state index in [2.05, 4.69) is 40.1 Å². The first-order valence-electron chi connectivity index (χ1n) is 7.39. The van der Waals surface area contributed by atoms with E-state index in [1.165, 1.54) is 30.8 Å². The molecule has 19 heavy (non-hydrogen) atoms. The quantitative estimate of drug-likeness (QED) is 0.819. The second-order valence-corrected chi connectivity index (χ2v) is 5.31. The summed E-state index contributed by atoms with van der Waals surface area (Å²) in [4.78, 5) is 9.45. The van der Waals surface area contributed by atoms with Crippen molar-refractivity contribution in [3.63, 3.8) is 0 Å². The molecule has 106 valence electrons. The molecule has 1 fully saturated rings. The maximum Gasteiger partial charge on any atom is 0.133 e. The van der Waals surface area contributed by atoms with Crippen molar-refractivity contribution in [1.29, 1.82) is 0 Å². The molecule has 0 amide bonds. The maximum atomic E-state index is 4.62. The lowest BCUT2D eigenvalue weighted by Gasteiger charge is -2.24. The molecular formula is C15H26N4. The van der Waals surface area contributed by atoms with Gasteiger partial charge in [0, 0.05) is 37.9 Å². The van der Waals surface area contributed by atoms with Crippen LogP contribution in [0.2, 0.25) is 0 Å². The predicted octanol–water partition coefficient (Wildman–Crippen LogP) is 1.72. The molecule has 0 atom stereocenters. The predicted molar refractivity (Wildman–Crippen MR) is 80.6 cm³/mol. The lowest BCUT2D eigenvalue weighted by atomic mass is 10.2. The monoisotopic (exact) mass is 262 g/mol. The molecule has 4 heteroatoms. The smallest absolute Gasteiger partial charge is 0.133 e. The first-order valence-corrected chi connectivity index (χ1v) is 7.39. The van der Waals surface area contributed by atoms with Gasteiger partial charge in [-0.05, 0) is 39.0 Å². The summed E-state index contributed by atoms with van der Waals surface area (Å²) in [6, 6.07) is 4.23. The summed E-state index contributed by atoms with van der Waals surface area (Å²) < 4.78 is 0. The van der Waals surface area contributed by atoms with E-state index in [-0.39, 0.29) is 0 Å². The van der Waals surface area contributed by atoms with Gasteiger partial charge in [-0.15, -0.1) is 0 Å². The molecule has 1 aromatic heterocycles. The molecule has 0 bridgehead atoms. The molecule has 1 aliphatic heterocycles. The Morgan fingerprint density at radius 1 is 1.26 bits per heavy atom. The topological polar surface area (TPSA) is 31.4 Å². The van der Waals surface area contributed by atoms with Crippen LogP contribution >= 0.6 is 0 Å². The number of likely N-dealkylation sites (N-methyl/N-ethyl adjacent to an activating group) is 1. The van der Waals surface area contributed by atoms with Crippen molar-refractivity contribution in [2.24, 2.45) is 0 Å². The van der Waals surface area contributed by atoms with Crippen LogP contribution < -0.4 is 10.2 Å². The largest absolute Gasteiger partial charge is 0.355 e. The third-order valence-electron chi connectivity index (χ3n) is 3.63. The number of hydrogen-bond acceptors (Lipinski definition) is 4. The molecule has 0 aromatic carbocycles. The van der Waals surface area contributed by atoms with Gasteiger partial charge in [0.05, 0.1) is 0 Å². The van der Waals surface area contributed by atoms with Gasteiger partial charge < -0.3 is 15.1 Å². The van der Waals surface area contributed by atoms with Crippen molar-refractivity contribution in [2.75, 3.05) is 44.7 Å². The lowest BCUT2D eigenvalue weighted by molar-refractivity contribution is 0.360. The number of pyridine rings is 1. The van der Waals surface area contributed by atoms with Crippen molar-refractivity contribution in [1.82, 2.24) is 15.2 Å². The summed E-state index contributed by atoms with van der Waals surface area (Å²) in [6.07, 6.45) is 4.30. The number of nitrogens with zero attached hydrogens (tertiary/aromatic N) is 3. The van der Waals surface area contributed by atoms with Crippen LogP contribution in [0.4, 0.5) is 5.82 Å². The van der Waals surface area contributed by atoms with E-state index in [0.717, 1.165) is 32.7 Å². The molecule has 0 unspecified atom stereocenters. The zero-order chi connectivity index (χ0) is 13.5. The first-order chi connectivity index (χ1) is 9.31. The summed E-state index contributed by atoms with van der Waals surface area (Å²) in [7, 11) is 2.20. The number of aromatic nitrogens is 1. The van der Waals surface area contributed by atoms with Gasteiger partial charge in [-0.2, -0.15) is 0 Å². The third kappa shape index (κ3) is 4.18. The van der Waals surface area contributed by atoms with Gasteiger partial charge in [-0.1, -0.05) is 13.0 Å². The molecular weight excluding hydrogens is 236 g/mol. The summed E-state index contributed by atoms with van der Waals surface area (Å²) >= 11 is 0. The highest BCUT2D eigenvalue weighted by Gasteiger charge is 2.16. The number of nitrogens with one attached hydrogen (secondary N) is 1. The van der Waals surface area contributed by atoms with Crippen LogP contribution in [-0.4, -0.2) is 49.7 Å². The molecule has 0 saturated carbocycles. The normalized spacial score (nSPS) is 17.5. The van der Waals surface area contributed by atoms with Crippen molar-refractivity contribution in [3.8, 4) is 0 Å². The van der Waals surface area contributed by atoms with Crippen LogP contribution in [0, 0.1) is 0 Å². The van der Waals surface area contributed by atoms with Crippen LogP contribution in [-0.2, 0) is 6.54 Å². The molecule has 1 saturated heterocycles. The summed E-state index contributed by atoms with van der Waals surface area (Å²) in [5.74, 6) is 1.17. The minimum atomic E-state index is 0.920. The highest BCUT2D eigenvalue weighted by atomic mass is 15.2. The second-order valence-electron chi connectivity index (χ2n) is 5.31. The highest BCUT2D eigenvalue weighted by molar-refractivity contribution is 5.46. The van der Waals surface area contributed by atoms with Crippen LogP contribution in [0.25, 0.3) is 0 Å². The van der Waals surface area contributed by atoms with Crippen molar-refractivity contribution in [3.05, 3.63) is 23.9 Å². The Labute approximate surface area is 116 Å². The van der Waals surface area contributed by atoms with Gasteiger partial charge in [0.15, 0.2) is 0 Å². The van der Waals surface area contributed by atoms with Gasteiger partial charge in [-0.3, -0.25) is 0 Å². The standard InChI is InChI=1S/C15H26N4/c1-3-7-16-13-14-6-4-8-17-15(14)19-10-5-9-18(2)11-12-19/h4,6,8,16H,3,5,7,9-13H2,1-2H3. The number of anilines is 1. The first kappa shape index (κ1) is 14.3. The van der Waals surface area contributed by atoms with E-state index in [9.17, 15) is 0 Å². The Morgan fingerprint density at radius 3 is 3.00 bits per heavy atom. The minimum Gasteiger partial charge on any atom is -0.355 e. The van der Waals surface area contributed by atoms with Gasteiger partial charge in [-0.25, -0.2) is 4.98 Å². The molecule has 1 N–H and O–H groups in total. The molecule has 2 rings (SSSR count). The minimum absolute atomic E-state index is 0.920. The fraction of sp³-hybridized carbons (Fsp3) is 0.667. The van der Waals surface area contributed by atoms with Crippen molar-refractivity contribution in [2.45, 2.75) is 26.3 Å². The Bertz CT molecular complexity index is 380. The van der Waals surface area contributed by atoms with Gasteiger partial charge >= 0.3 is 0 Å². The molecule has 1 aliphatic rings. The Hall–Kier alpha value is -1.13. The van der Waals surface area contributed by atoms with E-state index in [1.54, 1.807) is 0 Å². The maximum absolute atomic E-state index is 4.62. The molecule has 0 radical (unpaired) electrons. The Kier molecular flexibility index (Phi) is 5.61. The van der Waals surface area contributed by atoms with Gasteiger partial charge in [0.25, 0.3) is 0 Å². The third-order valence-corrected chi connectivity index (χ3v) is 3.63. The number of hydrogen-bond donors (Lipinski definition) is 1. The summed E-state index contributed by atoms with van der Waals surface area (Å²) in [6.45, 7) is 8.68. The number of rotatable bonds is 5.